The molecule has 0 saturated carbocycles. The quantitative estimate of drug-likeness (QED) is 0.469. The lowest BCUT2D eigenvalue weighted by Gasteiger charge is -2.06. The van der Waals surface area contributed by atoms with E-state index in [-0.39, 0.29) is 5.78 Å². The van der Waals surface area contributed by atoms with Gasteiger partial charge < -0.3 is 9.90 Å². The van der Waals surface area contributed by atoms with E-state index in [1.165, 1.54) is 6.92 Å². The molecule has 3 heteroatoms. The molecule has 11 heavy (non-hydrogen) atoms. The molecule has 0 aliphatic heterocycles. The van der Waals surface area contributed by atoms with Gasteiger partial charge in [0.05, 0.1) is 12.0 Å². The topological polar surface area (TPSA) is 54.4 Å². The molecule has 0 amide bonds. The summed E-state index contributed by atoms with van der Waals surface area (Å²) >= 11 is 0. The Kier molecular flexibility index (Phi) is 4.70. The first kappa shape index (κ1) is 10.3. The van der Waals surface area contributed by atoms with Crippen LogP contribution in [0.5, 0.6) is 0 Å². The van der Waals surface area contributed by atoms with Crippen LogP contribution in [0.1, 0.15) is 26.7 Å². The summed E-state index contributed by atoms with van der Waals surface area (Å²) in [5.74, 6) is -0.648. The van der Waals surface area contributed by atoms with Crippen molar-refractivity contribution in [3.8, 4) is 0 Å². The number of hydrogen-bond donors (Lipinski definition) is 1. The summed E-state index contributed by atoms with van der Waals surface area (Å²) < 4.78 is 0. The maximum atomic E-state index is 10.7. The number of aliphatic hydroxyl groups excluding tert-OH is 1. The second kappa shape index (κ2) is 5.02. The van der Waals surface area contributed by atoms with Gasteiger partial charge in [-0.3, -0.25) is 4.79 Å². The zero-order chi connectivity index (χ0) is 8.85. The number of rotatable bonds is 5. The minimum atomic E-state index is -0.524. The Bertz CT molecular complexity index is 140. The van der Waals surface area contributed by atoms with Gasteiger partial charge in [-0.05, 0) is 26.7 Å². The van der Waals surface area contributed by atoms with Crippen molar-refractivity contribution < 1.29 is 14.7 Å². The van der Waals surface area contributed by atoms with Gasteiger partial charge in [-0.2, -0.15) is 0 Å². The Hall–Kier alpha value is -0.700. The number of carbonyl (C=O) groups is 2. The SMILES string of the molecule is CC(=O)C(C=O)CCC(C)O. The van der Waals surface area contributed by atoms with E-state index in [9.17, 15) is 9.59 Å². The lowest BCUT2D eigenvalue weighted by molar-refractivity contribution is -0.126. The molecule has 0 aromatic rings. The molecule has 0 aromatic heterocycles. The zero-order valence-electron chi connectivity index (χ0n) is 6.91. The Morgan fingerprint density at radius 3 is 2.36 bits per heavy atom. The summed E-state index contributed by atoms with van der Waals surface area (Å²) in [6, 6.07) is 0. The summed E-state index contributed by atoms with van der Waals surface area (Å²) in [6.07, 6.45) is 1.17. The van der Waals surface area contributed by atoms with E-state index in [2.05, 4.69) is 0 Å². The van der Waals surface area contributed by atoms with Crippen LogP contribution < -0.4 is 0 Å². The number of aliphatic hydroxyl groups is 1. The molecule has 2 atom stereocenters. The van der Waals surface area contributed by atoms with Crippen molar-refractivity contribution >= 4 is 12.1 Å². The van der Waals surface area contributed by atoms with Crippen LogP contribution in [0, 0.1) is 5.92 Å². The van der Waals surface area contributed by atoms with E-state index in [4.69, 9.17) is 5.11 Å². The predicted molar refractivity (Wildman–Crippen MR) is 41.1 cm³/mol. The molecule has 0 fully saturated rings. The molecule has 0 rings (SSSR count). The average molecular weight is 158 g/mol. The molecule has 0 spiro atoms. The van der Waals surface area contributed by atoms with Crippen LogP contribution in [0.3, 0.4) is 0 Å². The minimum Gasteiger partial charge on any atom is -0.393 e. The largest absolute Gasteiger partial charge is 0.393 e. The molecular formula is C8H14O3. The molecular weight excluding hydrogens is 144 g/mol. The zero-order valence-corrected chi connectivity index (χ0v) is 6.91. The van der Waals surface area contributed by atoms with Gasteiger partial charge >= 0.3 is 0 Å². The summed E-state index contributed by atoms with van der Waals surface area (Å²) in [5.41, 5.74) is 0. The van der Waals surface area contributed by atoms with Crippen LogP contribution in [0.15, 0.2) is 0 Å². The Morgan fingerprint density at radius 1 is 1.55 bits per heavy atom. The van der Waals surface area contributed by atoms with Crippen molar-refractivity contribution in [3.05, 3.63) is 0 Å². The van der Waals surface area contributed by atoms with Gasteiger partial charge in [0.2, 0.25) is 0 Å². The van der Waals surface area contributed by atoms with Crippen LogP contribution >= 0.6 is 0 Å². The summed E-state index contributed by atoms with van der Waals surface area (Å²) in [6.45, 7) is 3.03. The summed E-state index contributed by atoms with van der Waals surface area (Å²) in [5, 5.41) is 8.85. The van der Waals surface area contributed by atoms with Crippen LogP contribution in [0.4, 0.5) is 0 Å². The second-order valence-corrected chi connectivity index (χ2v) is 2.78. The lowest BCUT2D eigenvalue weighted by Crippen LogP contribution is -2.14. The molecule has 0 aliphatic carbocycles. The fourth-order valence-corrected chi connectivity index (χ4v) is 0.788. The Morgan fingerprint density at radius 2 is 2.09 bits per heavy atom. The molecule has 2 unspecified atom stereocenters. The molecule has 0 saturated heterocycles. The lowest BCUT2D eigenvalue weighted by atomic mass is 9.99. The molecule has 0 bridgehead atoms. The van der Waals surface area contributed by atoms with Gasteiger partial charge in [-0.1, -0.05) is 0 Å². The van der Waals surface area contributed by atoms with E-state index >= 15 is 0 Å². The molecule has 0 aromatic carbocycles. The van der Waals surface area contributed by atoms with Gasteiger partial charge in [0.1, 0.15) is 12.1 Å². The maximum absolute atomic E-state index is 10.7. The van der Waals surface area contributed by atoms with Crippen molar-refractivity contribution in [2.24, 2.45) is 5.92 Å². The first-order valence-corrected chi connectivity index (χ1v) is 3.71. The standard InChI is InChI=1S/C8H14O3/c1-6(10)3-4-8(5-9)7(2)11/h5-6,8,10H,3-4H2,1-2H3. The van der Waals surface area contributed by atoms with Crippen molar-refractivity contribution in [1.82, 2.24) is 0 Å². The van der Waals surface area contributed by atoms with Crippen molar-refractivity contribution in [3.63, 3.8) is 0 Å². The summed E-state index contributed by atoms with van der Waals surface area (Å²) in [4.78, 5) is 20.9. The first-order valence-electron chi connectivity index (χ1n) is 3.71. The van der Waals surface area contributed by atoms with E-state index in [1.807, 2.05) is 0 Å². The first-order chi connectivity index (χ1) is 5.07. The van der Waals surface area contributed by atoms with E-state index < -0.39 is 12.0 Å². The monoisotopic (exact) mass is 158 g/mol. The van der Waals surface area contributed by atoms with Crippen molar-refractivity contribution in [1.29, 1.82) is 0 Å². The highest BCUT2D eigenvalue weighted by Crippen LogP contribution is 2.06. The maximum Gasteiger partial charge on any atom is 0.139 e. The number of carbonyl (C=O) groups excluding carboxylic acids is 2. The number of Topliss-reactive ketones (excluding diaryl/α,β-unsaturated/α-hetero) is 1. The normalized spacial score (nSPS) is 15.5. The van der Waals surface area contributed by atoms with Crippen LogP contribution in [0.2, 0.25) is 0 Å². The van der Waals surface area contributed by atoms with Gasteiger partial charge in [0.15, 0.2) is 0 Å². The molecule has 0 heterocycles. The van der Waals surface area contributed by atoms with Crippen LogP contribution in [-0.2, 0) is 9.59 Å². The summed E-state index contributed by atoms with van der Waals surface area (Å²) in [7, 11) is 0. The smallest absolute Gasteiger partial charge is 0.139 e. The number of ketones is 1. The van der Waals surface area contributed by atoms with E-state index in [0.717, 1.165) is 0 Å². The highest BCUT2D eigenvalue weighted by atomic mass is 16.3. The molecule has 1 N–H and O–H groups in total. The second-order valence-electron chi connectivity index (χ2n) is 2.78. The molecule has 0 aliphatic rings. The van der Waals surface area contributed by atoms with Crippen LogP contribution in [0.25, 0.3) is 0 Å². The van der Waals surface area contributed by atoms with Crippen molar-refractivity contribution in [2.75, 3.05) is 0 Å². The molecule has 64 valence electrons. The third kappa shape index (κ3) is 4.67. The predicted octanol–water partition coefficient (Wildman–Crippen LogP) is 0.551. The van der Waals surface area contributed by atoms with Gasteiger partial charge in [-0.15, -0.1) is 0 Å². The highest BCUT2D eigenvalue weighted by molar-refractivity contribution is 5.91. The van der Waals surface area contributed by atoms with Crippen molar-refractivity contribution in [2.45, 2.75) is 32.8 Å². The fraction of sp³-hybridized carbons (Fsp3) is 0.750. The number of hydrogen-bond acceptors (Lipinski definition) is 3. The molecule has 0 radical (unpaired) electrons. The van der Waals surface area contributed by atoms with Gasteiger partial charge in [-0.25, -0.2) is 0 Å². The average Bonchev–Trinajstić information content (AvgIpc) is 1.87. The van der Waals surface area contributed by atoms with E-state index in [1.54, 1.807) is 6.92 Å². The third-order valence-corrected chi connectivity index (χ3v) is 1.58. The Labute approximate surface area is 66.4 Å². The Balaban J connectivity index is 3.70. The van der Waals surface area contributed by atoms with Crippen LogP contribution in [-0.4, -0.2) is 23.3 Å². The van der Waals surface area contributed by atoms with Gasteiger partial charge in [0.25, 0.3) is 0 Å². The van der Waals surface area contributed by atoms with E-state index in [0.29, 0.717) is 19.1 Å². The van der Waals surface area contributed by atoms with Gasteiger partial charge in [0, 0.05) is 0 Å². The molecule has 3 nitrogen and oxygen atoms in total. The third-order valence-electron chi connectivity index (χ3n) is 1.58. The fourth-order valence-electron chi connectivity index (χ4n) is 0.788. The number of aldehydes is 1. The highest BCUT2D eigenvalue weighted by Gasteiger charge is 2.12. The minimum absolute atomic E-state index is 0.124.